The number of piperidine rings is 1. The van der Waals surface area contributed by atoms with Crippen molar-refractivity contribution in [2.45, 2.75) is 25.8 Å². The molecule has 1 unspecified atom stereocenters. The predicted octanol–water partition coefficient (Wildman–Crippen LogP) is 0.531. The fraction of sp³-hybridized carbons (Fsp3) is 0.600. The van der Waals surface area contributed by atoms with Crippen LogP contribution in [-0.2, 0) is 0 Å². The zero-order valence-electron chi connectivity index (χ0n) is 8.95. The Kier molecular flexibility index (Phi) is 3.01. The Labute approximate surface area is 89.5 Å². The molecule has 0 saturated carbocycles. The molecule has 4 N–H and O–H groups in total. The summed E-state index contributed by atoms with van der Waals surface area (Å²) >= 11 is 0. The van der Waals surface area contributed by atoms with E-state index < -0.39 is 0 Å². The summed E-state index contributed by atoms with van der Waals surface area (Å²) in [6.07, 6.45) is 4.10. The summed E-state index contributed by atoms with van der Waals surface area (Å²) in [6, 6.07) is 0.417. The van der Waals surface area contributed by atoms with Crippen LogP contribution >= 0.6 is 0 Å². The van der Waals surface area contributed by atoms with Crippen LogP contribution in [0, 0.1) is 6.92 Å². The second-order valence-corrected chi connectivity index (χ2v) is 3.95. The van der Waals surface area contributed by atoms with Crippen molar-refractivity contribution in [3.8, 4) is 0 Å². The van der Waals surface area contributed by atoms with Crippen LogP contribution in [0.15, 0.2) is 6.20 Å². The number of hydrogen-bond donors (Lipinski definition) is 3. The number of nitrogen functional groups attached to an aromatic ring is 1. The summed E-state index contributed by atoms with van der Waals surface area (Å²) in [7, 11) is 0. The fourth-order valence-electron chi connectivity index (χ4n) is 1.68. The monoisotopic (exact) mass is 207 g/mol. The molecule has 0 aliphatic carbocycles. The highest BCUT2D eigenvalue weighted by atomic mass is 15.1. The number of rotatable bonds is 2. The van der Waals surface area contributed by atoms with Crippen LogP contribution in [-0.4, -0.2) is 29.1 Å². The summed E-state index contributed by atoms with van der Waals surface area (Å²) in [5.41, 5.74) is 6.64. The summed E-state index contributed by atoms with van der Waals surface area (Å²) in [6.45, 7) is 3.98. The van der Waals surface area contributed by atoms with Gasteiger partial charge in [-0.15, -0.1) is 0 Å². The van der Waals surface area contributed by atoms with E-state index in [1.807, 2.05) is 6.92 Å². The highest BCUT2D eigenvalue weighted by Gasteiger charge is 2.13. The van der Waals surface area contributed by atoms with E-state index in [2.05, 4.69) is 20.6 Å². The van der Waals surface area contributed by atoms with Gasteiger partial charge in [-0.3, -0.25) is 0 Å². The van der Waals surface area contributed by atoms with Gasteiger partial charge in [-0.05, 0) is 26.3 Å². The molecule has 0 aromatic carbocycles. The molecule has 5 nitrogen and oxygen atoms in total. The average Bonchev–Trinajstić information content (AvgIpc) is 2.25. The lowest BCUT2D eigenvalue weighted by Crippen LogP contribution is -2.38. The van der Waals surface area contributed by atoms with Gasteiger partial charge in [-0.25, -0.2) is 4.98 Å². The fourth-order valence-corrected chi connectivity index (χ4v) is 1.68. The Hall–Kier alpha value is -1.36. The summed E-state index contributed by atoms with van der Waals surface area (Å²) in [5, 5.41) is 6.62. The van der Waals surface area contributed by atoms with Gasteiger partial charge in [0.2, 0.25) is 5.95 Å². The number of hydrogen-bond acceptors (Lipinski definition) is 5. The molecule has 1 fully saturated rings. The second-order valence-electron chi connectivity index (χ2n) is 3.95. The first-order valence-electron chi connectivity index (χ1n) is 5.32. The van der Waals surface area contributed by atoms with Crippen LogP contribution < -0.4 is 16.4 Å². The van der Waals surface area contributed by atoms with Gasteiger partial charge >= 0.3 is 0 Å². The van der Waals surface area contributed by atoms with E-state index in [1.54, 1.807) is 6.20 Å². The van der Waals surface area contributed by atoms with Crippen molar-refractivity contribution >= 4 is 11.8 Å². The largest absolute Gasteiger partial charge is 0.383 e. The molecule has 1 aromatic heterocycles. The molecule has 2 rings (SSSR count). The van der Waals surface area contributed by atoms with Gasteiger partial charge in [-0.2, -0.15) is 4.98 Å². The minimum atomic E-state index is 0.417. The molecule has 1 aliphatic rings. The van der Waals surface area contributed by atoms with Crippen molar-refractivity contribution in [1.82, 2.24) is 15.3 Å². The predicted molar refractivity (Wildman–Crippen MR) is 60.7 cm³/mol. The normalized spacial score (nSPS) is 21.3. The third-order valence-corrected chi connectivity index (χ3v) is 2.64. The van der Waals surface area contributed by atoms with Crippen molar-refractivity contribution in [3.05, 3.63) is 11.8 Å². The minimum Gasteiger partial charge on any atom is -0.383 e. The number of nitrogens with two attached hydrogens (primary N) is 1. The zero-order valence-corrected chi connectivity index (χ0v) is 8.95. The standard InChI is InChI=1S/C10H17N5/c1-7-5-13-10(15-9(7)11)14-8-3-2-4-12-6-8/h5,8,12H,2-4,6H2,1H3,(H3,11,13,14,15). The zero-order chi connectivity index (χ0) is 10.7. The maximum atomic E-state index is 5.72. The molecule has 1 aliphatic heterocycles. The molecule has 0 amide bonds. The van der Waals surface area contributed by atoms with E-state index in [0.717, 1.165) is 25.1 Å². The number of aryl methyl sites for hydroxylation is 1. The van der Waals surface area contributed by atoms with E-state index >= 15 is 0 Å². The average molecular weight is 207 g/mol. The Bertz CT molecular complexity index is 333. The number of anilines is 2. The molecule has 2 heterocycles. The van der Waals surface area contributed by atoms with Crippen LogP contribution in [0.2, 0.25) is 0 Å². The van der Waals surface area contributed by atoms with Gasteiger partial charge in [0.25, 0.3) is 0 Å². The lowest BCUT2D eigenvalue weighted by Gasteiger charge is -2.23. The SMILES string of the molecule is Cc1cnc(NC2CCCNC2)nc1N. The first kappa shape index (κ1) is 10.2. The molecule has 15 heavy (non-hydrogen) atoms. The highest BCUT2D eigenvalue weighted by molar-refractivity contribution is 5.42. The van der Waals surface area contributed by atoms with Gasteiger partial charge in [-0.1, -0.05) is 0 Å². The molecule has 0 spiro atoms. The lowest BCUT2D eigenvalue weighted by atomic mass is 10.1. The van der Waals surface area contributed by atoms with Crippen LogP contribution in [0.3, 0.4) is 0 Å². The third kappa shape index (κ3) is 2.56. The van der Waals surface area contributed by atoms with E-state index in [4.69, 9.17) is 5.73 Å². The lowest BCUT2D eigenvalue weighted by molar-refractivity contribution is 0.478. The Morgan fingerprint density at radius 2 is 2.47 bits per heavy atom. The van der Waals surface area contributed by atoms with E-state index in [1.165, 1.54) is 6.42 Å². The van der Waals surface area contributed by atoms with Gasteiger partial charge in [0, 0.05) is 24.3 Å². The molecule has 1 saturated heterocycles. The first-order chi connectivity index (χ1) is 7.25. The van der Waals surface area contributed by atoms with Crippen LogP contribution in [0.25, 0.3) is 0 Å². The van der Waals surface area contributed by atoms with E-state index in [0.29, 0.717) is 17.8 Å². The minimum absolute atomic E-state index is 0.417. The number of aromatic nitrogens is 2. The van der Waals surface area contributed by atoms with Crippen molar-refractivity contribution < 1.29 is 0 Å². The molecule has 5 heteroatoms. The van der Waals surface area contributed by atoms with Gasteiger partial charge in [0.1, 0.15) is 5.82 Å². The molecule has 1 aromatic rings. The Morgan fingerprint density at radius 1 is 1.60 bits per heavy atom. The van der Waals surface area contributed by atoms with Crippen LogP contribution in [0.1, 0.15) is 18.4 Å². The van der Waals surface area contributed by atoms with Crippen LogP contribution in [0.5, 0.6) is 0 Å². The van der Waals surface area contributed by atoms with Crippen molar-refractivity contribution in [3.63, 3.8) is 0 Å². The van der Waals surface area contributed by atoms with Gasteiger partial charge < -0.3 is 16.4 Å². The van der Waals surface area contributed by atoms with Gasteiger partial charge in [0.15, 0.2) is 0 Å². The first-order valence-corrected chi connectivity index (χ1v) is 5.32. The Morgan fingerprint density at radius 3 is 3.13 bits per heavy atom. The summed E-state index contributed by atoms with van der Waals surface area (Å²) < 4.78 is 0. The smallest absolute Gasteiger partial charge is 0.224 e. The maximum Gasteiger partial charge on any atom is 0.224 e. The quantitative estimate of drug-likeness (QED) is 0.659. The van der Waals surface area contributed by atoms with Gasteiger partial charge in [0.05, 0.1) is 0 Å². The number of nitrogens with one attached hydrogen (secondary N) is 2. The maximum absolute atomic E-state index is 5.72. The second kappa shape index (κ2) is 4.44. The molecule has 1 atom stereocenters. The van der Waals surface area contributed by atoms with E-state index in [9.17, 15) is 0 Å². The van der Waals surface area contributed by atoms with Crippen molar-refractivity contribution in [1.29, 1.82) is 0 Å². The van der Waals surface area contributed by atoms with Crippen LogP contribution in [0.4, 0.5) is 11.8 Å². The van der Waals surface area contributed by atoms with Crippen molar-refractivity contribution in [2.24, 2.45) is 0 Å². The molecule has 0 bridgehead atoms. The topological polar surface area (TPSA) is 75.9 Å². The molecular formula is C10H17N5. The molecule has 82 valence electrons. The molecular weight excluding hydrogens is 190 g/mol. The third-order valence-electron chi connectivity index (χ3n) is 2.64. The van der Waals surface area contributed by atoms with Crippen molar-refractivity contribution in [2.75, 3.05) is 24.1 Å². The summed E-state index contributed by atoms with van der Waals surface area (Å²) in [5.74, 6) is 1.18. The highest BCUT2D eigenvalue weighted by Crippen LogP contribution is 2.11. The summed E-state index contributed by atoms with van der Waals surface area (Å²) in [4.78, 5) is 8.40. The molecule has 0 radical (unpaired) electrons. The number of nitrogens with zero attached hydrogens (tertiary/aromatic N) is 2. The Balaban J connectivity index is 2.00. The van der Waals surface area contributed by atoms with E-state index in [-0.39, 0.29) is 0 Å².